The first-order valence-electron chi connectivity index (χ1n) is 7.16. The Hall–Kier alpha value is -2.72. The molecule has 0 aromatic carbocycles. The fraction of sp³-hybridized carbons (Fsp3) is 0.333. The van der Waals surface area contributed by atoms with Crippen molar-refractivity contribution in [1.29, 1.82) is 10.5 Å². The number of nitriles is 2. The van der Waals surface area contributed by atoms with E-state index in [9.17, 15) is 0 Å². The number of hydrogen-bond acceptors (Lipinski definition) is 4. The summed E-state index contributed by atoms with van der Waals surface area (Å²) in [4.78, 5) is 4.24. The normalized spacial score (nSPS) is 13.6. The van der Waals surface area contributed by atoms with Crippen molar-refractivity contribution in [2.75, 3.05) is 27.2 Å². The van der Waals surface area contributed by atoms with Crippen LogP contribution in [0.3, 0.4) is 0 Å². The van der Waals surface area contributed by atoms with Crippen molar-refractivity contribution < 1.29 is 0 Å². The molecule has 0 aliphatic heterocycles. The van der Waals surface area contributed by atoms with Crippen molar-refractivity contribution in [3.63, 3.8) is 0 Å². The highest BCUT2D eigenvalue weighted by Crippen LogP contribution is 2.19. The molecule has 0 N–H and O–H groups in total. The van der Waals surface area contributed by atoms with E-state index in [-0.39, 0.29) is 0 Å². The second-order valence-electron chi connectivity index (χ2n) is 5.27. The molecule has 0 unspecified atom stereocenters. The van der Waals surface area contributed by atoms with E-state index < -0.39 is 0 Å². The second-order valence-corrected chi connectivity index (χ2v) is 5.27. The van der Waals surface area contributed by atoms with Crippen LogP contribution in [0, 0.1) is 22.7 Å². The number of hydrogen-bond donors (Lipinski definition) is 0. The van der Waals surface area contributed by atoms with Crippen molar-refractivity contribution >= 4 is 0 Å². The van der Waals surface area contributed by atoms with Gasteiger partial charge >= 0.3 is 0 Å². The molecular weight excluding hydrogens is 272 g/mol. The summed E-state index contributed by atoms with van der Waals surface area (Å²) in [6, 6.07) is 4.17. The molecule has 0 atom stereocenters. The van der Waals surface area contributed by atoms with Gasteiger partial charge in [0.25, 0.3) is 0 Å². The maximum Gasteiger partial charge on any atom is 0.0985 e. The highest BCUT2D eigenvalue weighted by atomic mass is 15.2. The van der Waals surface area contributed by atoms with E-state index in [1.807, 2.05) is 30.2 Å². The molecule has 0 heterocycles. The first-order chi connectivity index (χ1) is 10.5. The Morgan fingerprint density at radius 2 is 1.91 bits per heavy atom. The quantitative estimate of drug-likeness (QED) is 0.535. The predicted octanol–water partition coefficient (Wildman–Crippen LogP) is 3.13. The third-order valence-corrected chi connectivity index (χ3v) is 3.64. The minimum absolute atomic E-state index is 0.416. The van der Waals surface area contributed by atoms with Gasteiger partial charge in [0.05, 0.1) is 12.1 Å². The van der Waals surface area contributed by atoms with Crippen LogP contribution in [0.2, 0.25) is 0 Å². The van der Waals surface area contributed by atoms with Gasteiger partial charge in [0, 0.05) is 49.7 Å². The Bertz CT molecular complexity index is 608. The van der Waals surface area contributed by atoms with Gasteiger partial charge in [-0.2, -0.15) is 10.5 Å². The Kier molecular flexibility index (Phi) is 6.73. The molecule has 114 valence electrons. The summed E-state index contributed by atoms with van der Waals surface area (Å²) in [5.41, 5.74) is 3.34. The number of rotatable bonds is 7. The van der Waals surface area contributed by atoms with Gasteiger partial charge in [0.1, 0.15) is 0 Å². The summed E-state index contributed by atoms with van der Waals surface area (Å²) in [5, 5.41) is 17.5. The Labute approximate surface area is 133 Å². The summed E-state index contributed by atoms with van der Waals surface area (Å²) >= 11 is 0. The number of nitrogens with zero attached hydrogens (tertiary/aromatic N) is 4. The van der Waals surface area contributed by atoms with Crippen LogP contribution in [-0.4, -0.2) is 37.0 Å². The van der Waals surface area contributed by atoms with E-state index in [0.717, 1.165) is 37.2 Å². The first kappa shape index (κ1) is 17.3. The lowest BCUT2D eigenvalue weighted by Gasteiger charge is -2.28. The molecule has 0 radical (unpaired) electrons. The van der Waals surface area contributed by atoms with Crippen molar-refractivity contribution in [1.82, 2.24) is 9.80 Å². The van der Waals surface area contributed by atoms with Gasteiger partial charge < -0.3 is 9.80 Å². The van der Waals surface area contributed by atoms with Gasteiger partial charge in [0.15, 0.2) is 0 Å². The molecule has 0 aromatic rings. The van der Waals surface area contributed by atoms with Crippen LogP contribution in [0.15, 0.2) is 60.0 Å². The standard InChI is InChI=1S/C18H22N4/c1-15(13-19)5-6-16(2)21(3)11-12-22(4)18-9-7-17(14-20)8-10-18/h5-7,9H,1-2,8,10-12H2,3-4H3/b6-5-. The minimum Gasteiger partial charge on any atom is -0.376 e. The molecular formula is C18H22N4. The number of allylic oxidation sites excluding steroid dienone is 7. The van der Waals surface area contributed by atoms with E-state index >= 15 is 0 Å². The van der Waals surface area contributed by atoms with Crippen LogP contribution in [0.25, 0.3) is 0 Å². The Morgan fingerprint density at radius 1 is 1.18 bits per heavy atom. The van der Waals surface area contributed by atoms with Crippen LogP contribution in [-0.2, 0) is 0 Å². The van der Waals surface area contributed by atoms with E-state index in [2.05, 4.69) is 31.2 Å². The largest absolute Gasteiger partial charge is 0.376 e. The van der Waals surface area contributed by atoms with Gasteiger partial charge in [0.2, 0.25) is 0 Å². The molecule has 0 saturated heterocycles. The van der Waals surface area contributed by atoms with Crippen LogP contribution < -0.4 is 0 Å². The maximum absolute atomic E-state index is 8.85. The highest BCUT2D eigenvalue weighted by Gasteiger charge is 2.10. The first-order valence-corrected chi connectivity index (χ1v) is 7.16. The van der Waals surface area contributed by atoms with Crippen molar-refractivity contribution in [2.24, 2.45) is 0 Å². The van der Waals surface area contributed by atoms with Gasteiger partial charge in [-0.05, 0) is 37.1 Å². The third kappa shape index (κ3) is 5.34. The zero-order valence-electron chi connectivity index (χ0n) is 13.3. The molecule has 0 fully saturated rings. The van der Waals surface area contributed by atoms with Crippen molar-refractivity contribution in [3.05, 3.63) is 60.0 Å². The number of likely N-dealkylation sites (N-methyl/N-ethyl adjacent to an activating group) is 2. The molecule has 4 heteroatoms. The van der Waals surface area contributed by atoms with Gasteiger partial charge in [-0.25, -0.2) is 0 Å². The zero-order valence-corrected chi connectivity index (χ0v) is 13.3. The molecule has 0 saturated carbocycles. The van der Waals surface area contributed by atoms with Crippen molar-refractivity contribution in [3.8, 4) is 12.1 Å². The molecule has 0 spiro atoms. The molecule has 1 aliphatic carbocycles. The summed E-state index contributed by atoms with van der Waals surface area (Å²) in [5.74, 6) is 0. The third-order valence-electron chi connectivity index (χ3n) is 3.64. The topological polar surface area (TPSA) is 54.1 Å². The smallest absolute Gasteiger partial charge is 0.0985 e. The predicted molar refractivity (Wildman–Crippen MR) is 89.3 cm³/mol. The fourth-order valence-electron chi connectivity index (χ4n) is 1.99. The SMILES string of the molecule is C=C(C#N)/C=C\C(=C)N(C)CCN(C)C1=CC=C(C#N)CC1. The molecule has 0 bridgehead atoms. The van der Waals surface area contributed by atoms with Crippen LogP contribution >= 0.6 is 0 Å². The molecule has 1 rings (SSSR count). The van der Waals surface area contributed by atoms with Gasteiger partial charge in [-0.15, -0.1) is 0 Å². The summed E-state index contributed by atoms with van der Waals surface area (Å²) < 4.78 is 0. The molecule has 22 heavy (non-hydrogen) atoms. The van der Waals surface area contributed by atoms with E-state index in [1.54, 1.807) is 12.2 Å². The average molecular weight is 294 g/mol. The van der Waals surface area contributed by atoms with E-state index in [0.29, 0.717) is 5.57 Å². The Balaban J connectivity index is 2.48. The van der Waals surface area contributed by atoms with E-state index in [1.165, 1.54) is 5.70 Å². The van der Waals surface area contributed by atoms with Gasteiger partial charge in [-0.3, -0.25) is 0 Å². The summed E-state index contributed by atoms with van der Waals surface area (Å²) in [6.07, 6.45) is 9.10. The molecule has 0 aromatic heterocycles. The highest BCUT2D eigenvalue weighted by molar-refractivity contribution is 5.33. The fourth-order valence-corrected chi connectivity index (χ4v) is 1.99. The molecule has 0 amide bonds. The second kappa shape index (κ2) is 8.54. The van der Waals surface area contributed by atoms with Crippen molar-refractivity contribution in [2.45, 2.75) is 12.8 Å². The van der Waals surface area contributed by atoms with Gasteiger partial charge in [-0.1, -0.05) is 13.2 Å². The van der Waals surface area contributed by atoms with Crippen LogP contribution in [0.5, 0.6) is 0 Å². The van der Waals surface area contributed by atoms with Crippen LogP contribution in [0.1, 0.15) is 12.8 Å². The lowest BCUT2D eigenvalue weighted by atomic mass is 10.0. The van der Waals surface area contributed by atoms with E-state index in [4.69, 9.17) is 10.5 Å². The zero-order chi connectivity index (χ0) is 16.5. The summed E-state index contributed by atoms with van der Waals surface area (Å²) in [7, 11) is 4.03. The maximum atomic E-state index is 8.85. The average Bonchev–Trinajstić information content (AvgIpc) is 2.56. The Morgan fingerprint density at radius 3 is 2.45 bits per heavy atom. The minimum atomic E-state index is 0.416. The monoisotopic (exact) mass is 294 g/mol. The molecule has 4 nitrogen and oxygen atoms in total. The van der Waals surface area contributed by atoms with Crippen LogP contribution in [0.4, 0.5) is 0 Å². The summed E-state index contributed by atoms with van der Waals surface area (Å²) in [6.45, 7) is 9.27. The lowest BCUT2D eigenvalue weighted by Crippen LogP contribution is -2.30. The molecule has 1 aliphatic rings. The lowest BCUT2D eigenvalue weighted by molar-refractivity contribution is 0.329.